The minimum atomic E-state index is 0.0122. The Labute approximate surface area is 154 Å². The van der Waals surface area contributed by atoms with Crippen LogP contribution in [0.5, 0.6) is 5.75 Å². The summed E-state index contributed by atoms with van der Waals surface area (Å²) in [6, 6.07) is 24.0. The molecule has 0 spiro atoms. The third kappa shape index (κ3) is 5.12. The van der Waals surface area contributed by atoms with Crippen molar-refractivity contribution in [3.05, 3.63) is 78.4 Å². The minimum Gasteiger partial charge on any atom is -0.480 e. The molecule has 0 unspecified atom stereocenters. The summed E-state index contributed by atoms with van der Waals surface area (Å²) in [5.41, 5.74) is 1.16. The first kappa shape index (κ1) is 17.6. The molecule has 0 radical (unpaired) electrons. The molecule has 3 rings (SSSR count). The van der Waals surface area contributed by atoms with E-state index in [0.717, 1.165) is 28.5 Å². The zero-order valence-corrected chi connectivity index (χ0v) is 14.6. The molecule has 1 amide bonds. The van der Waals surface area contributed by atoms with Crippen molar-refractivity contribution in [3.8, 4) is 17.6 Å². The first-order chi connectivity index (χ1) is 12.8. The quantitative estimate of drug-likeness (QED) is 0.688. The van der Waals surface area contributed by atoms with Crippen LogP contribution in [-0.2, 0) is 11.2 Å². The number of nitrogens with one attached hydrogen (secondary N) is 1. The second-order valence-electron chi connectivity index (χ2n) is 5.88. The van der Waals surface area contributed by atoms with E-state index in [1.807, 2.05) is 60.7 Å². The lowest BCUT2D eigenvalue weighted by Gasteiger charge is -2.06. The van der Waals surface area contributed by atoms with Crippen LogP contribution in [0.25, 0.3) is 10.8 Å². The molecule has 0 aromatic heterocycles. The van der Waals surface area contributed by atoms with Crippen molar-refractivity contribution in [2.75, 3.05) is 13.2 Å². The highest BCUT2D eigenvalue weighted by Crippen LogP contribution is 2.24. The Balaban J connectivity index is 1.39. The Bertz CT molecular complexity index is 918. The third-order valence-corrected chi connectivity index (χ3v) is 4.03. The van der Waals surface area contributed by atoms with E-state index in [9.17, 15) is 4.79 Å². The normalized spacial score (nSPS) is 10.0. The maximum atomic E-state index is 11.8. The van der Waals surface area contributed by atoms with Gasteiger partial charge in [-0.2, -0.15) is 0 Å². The fraction of sp³-hybridized carbons (Fsp3) is 0.174. The molecule has 3 aromatic carbocycles. The molecular formula is C23H21NO2. The van der Waals surface area contributed by atoms with Crippen LogP contribution in [-0.4, -0.2) is 19.1 Å². The lowest BCUT2D eigenvalue weighted by atomic mass is 10.1. The number of amides is 1. The molecule has 130 valence electrons. The van der Waals surface area contributed by atoms with Crippen LogP contribution >= 0.6 is 0 Å². The van der Waals surface area contributed by atoms with Crippen LogP contribution in [0.1, 0.15) is 12.0 Å². The smallest absolute Gasteiger partial charge is 0.221 e. The molecule has 0 bridgehead atoms. The fourth-order valence-electron chi connectivity index (χ4n) is 2.68. The standard InChI is InChI=1S/C23H21NO2/c25-23(16-15-19-9-2-1-3-10-19)24-17-6-7-18-26-22-14-8-12-20-11-4-5-13-21(20)22/h1-5,8-14H,15-18H2,(H,24,25). The number of aryl methyl sites for hydroxylation is 1. The van der Waals surface area contributed by atoms with Crippen LogP contribution in [0, 0.1) is 11.8 Å². The van der Waals surface area contributed by atoms with E-state index in [0.29, 0.717) is 19.6 Å². The van der Waals surface area contributed by atoms with E-state index in [4.69, 9.17) is 4.74 Å². The fourth-order valence-corrected chi connectivity index (χ4v) is 2.68. The monoisotopic (exact) mass is 343 g/mol. The predicted octanol–water partition coefficient (Wildman–Crippen LogP) is 3.97. The zero-order chi connectivity index (χ0) is 18.0. The van der Waals surface area contributed by atoms with Crippen molar-refractivity contribution < 1.29 is 9.53 Å². The minimum absolute atomic E-state index is 0.0122. The van der Waals surface area contributed by atoms with Crippen LogP contribution in [0.4, 0.5) is 0 Å². The Morgan fingerprint density at radius 2 is 1.65 bits per heavy atom. The Morgan fingerprint density at radius 3 is 2.54 bits per heavy atom. The van der Waals surface area contributed by atoms with Gasteiger partial charge in [-0.25, -0.2) is 0 Å². The van der Waals surface area contributed by atoms with Gasteiger partial charge in [0, 0.05) is 11.8 Å². The maximum Gasteiger partial charge on any atom is 0.221 e. The third-order valence-electron chi connectivity index (χ3n) is 4.03. The van der Waals surface area contributed by atoms with Crippen molar-refractivity contribution in [1.29, 1.82) is 0 Å². The SMILES string of the molecule is O=C(CCc1ccccc1)NCC#CCOc1cccc2ccccc12. The van der Waals surface area contributed by atoms with E-state index < -0.39 is 0 Å². The van der Waals surface area contributed by atoms with Crippen molar-refractivity contribution in [1.82, 2.24) is 5.32 Å². The van der Waals surface area contributed by atoms with Gasteiger partial charge in [0.25, 0.3) is 0 Å². The van der Waals surface area contributed by atoms with Gasteiger partial charge >= 0.3 is 0 Å². The van der Waals surface area contributed by atoms with E-state index >= 15 is 0 Å². The van der Waals surface area contributed by atoms with E-state index in [-0.39, 0.29) is 5.91 Å². The molecule has 0 aliphatic heterocycles. The highest BCUT2D eigenvalue weighted by atomic mass is 16.5. The van der Waals surface area contributed by atoms with Crippen molar-refractivity contribution in [2.24, 2.45) is 0 Å². The second-order valence-corrected chi connectivity index (χ2v) is 5.88. The van der Waals surface area contributed by atoms with Crippen molar-refractivity contribution in [2.45, 2.75) is 12.8 Å². The molecule has 0 heterocycles. The van der Waals surface area contributed by atoms with Crippen LogP contribution in [0.3, 0.4) is 0 Å². The Kier molecular flexibility index (Phi) is 6.28. The molecule has 0 aliphatic rings. The summed E-state index contributed by atoms with van der Waals surface area (Å²) in [4.78, 5) is 11.8. The van der Waals surface area contributed by atoms with E-state index in [2.05, 4.69) is 29.3 Å². The number of ether oxygens (including phenoxy) is 1. The molecule has 0 aliphatic carbocycles. The number of rotatable bonds is 6. The summed E-state index contributed by atoms with van der Waals surface area (Å²) in [5.74, 6) is 6.70. The lowest BCUT2D eigenvalue weighted by Crippen LogP contribution is -2.23. The molecule has 0 saturated carbocycles. The van der Waals surface area contributed by atoms with Gasteiger partial charge < -0.3 is 10.1 Å². The van der Waals surface area contributed by atoms with Gasteiger partial charge in [0.2, 0.25) is 5.91 Å². The topological polar surface area (TPSA) is 38.3 Å². The number of carbonyl (C=O) groups is 1. The van der Waals surface area contributed by atoms with Gasteiger partial charge in [-0.1, -0.05) is 78.6 Å². The molecular weight excluding hydrogens is 322 g/mol. The van der Waals surface area contributed by atoms with Crippen molar-refractivity contribution >= 4 is 16.7 Å². The number of hydrogen-bond donors (Lipinski definition) is 1. The first-order valence-corrected chi connectivity index (χ1v) is 8.70. The van der Waals surface area contributed by atoms with Gasteiger partial charge in [0.1, 0.15) is 12.4 Å². The molecule has 3 aromatic rings. The van der Waals surface area contributed by atoms with Gasteiger partial charge in [0.05, 0.1) is 6.54 Å². The predicted molar refractivity (Wildman–Crippen MR) is 105 cm³/mol. The Morgan fingerprint density at radius 1 is 0.885 bits per heavy atom. The summed E-state index contributed by atoms with van der Waals surface area (Å²) < 4.78 is 5.75. The summed E-state index contributed by atoms with van der Waals surface area (Å²) in [6.45, 7) is 0.639. The number of benzene rings is 3. The average Bonchev–Trinajstić information content (AvgIpc) is 2.70. The lowest BCUT2D eigenvalue weighted by molar-refractivity contribution is -0.120. The van der Waals surface area contributed by atoms with Crippen molar-refractivity contribution in [3.63, 3.8) is 0 Å². The average molecular weight is 343 g/mol. The van der Waals surface area contributed by atoms with E-state index in [1.54, 1.807) is 0 Å². The van der Waals surface area contributed by atoms with Crippen LogP contribution in [0.15, 0.2) is 72.8 Å². The summed E-state index contributed by atoms with van der Waals surface area (Å²) in [5, 5.41) is 5.03. The van der Waals surface area contributed by atoms with Crippen LogP contribution < -0.4 is 10.1 Å². The zero-order valence-electron chi connectivity index (χ0n) is 14.6. The number of hydrogen-bond acceptors (Lipinski definition) is 2. The molecule has 3 heteroatoms. The molecule has 0 atom stereocenters. The van der Waals surface area contributed by atoms with E-state index in [1.165, 1.54) is 0 Å². The highest BCUT2D eigenvalue weighted by Gasteiger charge is 2.01. The maximum absolute atomic E-state index is 11.8. The van der Waals surface area contributed by atoms with Crippen LogP contribution in [0.2, 0.25) is 0 Å². The Hall–Kier alpha value is -3.25. The van der Waals surface area contributed by atoms with Gasteiger partial charge in [0.15, 0.2) is 0 Å². The molecule has 0 fully saturated rings. The van der Waals surface area contributed by atoms with Gasteiger partial charge in [-0.15, -0.1) is 0 Å². The van der Waals surface area contributed by atoms with Gasteiger partial charge in [-0.3, -0.25) is 4.79 Å². The molecule has 0 saturated heterocycles. The summed E-state index contributed by atoms with van der Waals surface area (Å²) in [7, 11) is 0. The second kappa shape index (κ2) is 9.29. The highest BCUT2D eigenvalue weighted by molar-refractivity contribution is 5.88. The largest absolute Gasteiger partial charge is 0.480 e. The van der Waals surface area contributed by atoms with Gasteiger partial charge in [-0.05, 0) is 23.4 Å². The molecule has 3 nitrogen and oxygen atoms in total. The summed E-state index contributed by atoms with van der Waals surface area (Å²) in [6.07, 6.45) is 1.21. The first-order valence-electron chi connectivity index (χ1n) is 8.70. The number of carbonyl (C=O) groups excluding carboxylic acids is 1. The number of fused-ring (bicyclic) bond motifs is 1. The molecule has 1 N–H and O–H groups in total. The molecule has 26 heavy (non-hydrogen) atoms. The summed E-state index contributed by atoms with van der Waals surface area (Å²) >= 11 is 0.